The topological polar surface area (TPSA) is 65.2 Å². The second-order valence-corrected chi connectivity index (χ2v) is 3.71. The van der Waals surface area contributed by atoms with Crippen molar-refractivity contribution >= 4 is 0 Å². The van der Waals surface area contributed by atoms with Crippen LogP contribution in [-0.4, -0.2) is 52.4 Å². The molecule has 1 aliphatic rings. The van der Waals surface area contributed by atoms with Crippen LogP contribution in [0.25, 0.3) is 0 Å². The van der Waals surface area contributed by atoms with Crippen molar-refractivity contribution in [2.24, 2.45) is 0 Å². The molecular formula is C10H24ClN4OV+. The Kier molecular flexibility index (Phi) is 22.0. The molecule has 1 saturated heterocycles. The molecule has 0 bridgehead atoms. The van der Waals surface area contributed by atoms with Crippen molar-refractivity contribution in [2.75, 3.05) is 52.4 Å². The van der Waals surface area contributed by atoms with Gasteiger partial charge >= 0.3 is 21.0 Å². The van der Waals surface area contributed by atoms with Gasteiger partial charge in [-0.3, -0.25) is 0 Å². The van der Waals surface area contributed by atoms with Crippen molar-refractivity contribution in [3.63, 3.8) is 0 Å². The van der Waals surface area contributed by atoms with Crippen molar-refractivity contribution in [1.82, 2.24) is 21.3 Å². The van der Waals surface area contributed by atoms with Gasteiger partial charge in [0.15, 0.2) is 0 Å². The van der Waals surface area contributed by atoms with Crippen molar-refractivity contribution in [2.45, 2.75) is 12.8 Å². The summed E-state index contributed by atoms with van der Waals surface area (Å²) in [5.74, 6) is 0. The van der Waals surface area contributed by atoms with Gasteiger partial charge < -0.3 is 33.7 Å². The third-order valence-corrected chi connectivity index (χ3v) is 2.37. The fourth-order valence-corrected chi connectivity index (χ4v) is 1.53. The Morgan fingerprint density at radius 1 is 0.529 bits per heavy atom. The van der Waals surface area contributed by atoms with Crippen LogP contribution < -0.4 is 33.7 Å². The van der Waals surface area contributed by atoms with E-state index in [1.165, 1.54) is 12.8 Å². The van der Waals surface area contributed by atoms with Crippen molar-refractivity contribution in [1.29, 1.82) is 0 Å². The maximum atomic E-state index is 8.19. The van der Waals surface area contributed by atoms with Gasteiger partial charge in [0, 0.05) is 26.2 Å². The minimum atomic E-state index is 0. The predicted octanol–water partition coefficient (Wildman–Crippen LogP) is -3.98. The number of nitrogens with one attached hydrogen (secondary N) is 4. The molecule has 0 aromatic rings. The van der Waals surface area contributed by atoms with E-state index >= 15 is 0 Å². The quantitative estimate of drug-likeness (QED) is 0.368. The Morgan fingerprint density at radius 2 is 0.765 bits per heavy atom. The second kappa shape index (κ2) is 18.9. The predicted molar refractivity (Wildman–Crippen MR) is 61.4 cm³/mol. The summed E-state index contributed by atoms with van der Waals surface area (Å²) in [4.78, 5) is 0. The summed E-state index contributed by atoms with van der Waals surface area (Å²) >= 11 is 1.06. The van der Waals surface area contributed by atoms with E-state index in [1.807, 2.05) is 0 Å². The van der Waals surface area contributed by atoms with Gasteiger partial charge in [0.05, 0.1) is 0 Å². The van der Waals surface area contributed by atoms with Crippen LogP contribution in [0.1, 0.15) is 12.8 Å². The molecule has 7 heteroatoms. The Morgan fingerprint density at radius 3 is 1.00 bits per heavy atom. The average Bonchev–Trinajstić information content (AvgIpc) is 2.35. The number of rotatable bonds is 0. The van der Waals surface area contributed by atoms with Crippen LogP contribution in [0.3, 0.4) is 0 Å². The third-order valence-electron chi connectivity index (χ3n) is 2.37. The number of hydrogen-bond acceptors (Lipinski definition) is 5. The van der Waals surface area contributed by atoms with Crippen molar-refractivity contribution < 1.29 is 33.5 Å². The molecule has 0 unspecified atom stereocenters. The SMILES string of the molecule is C1CNCCNCCCNCCNC1.[Cl-].[O]=[V+2]. The molecule has 0 amide bonds. The Balaban J connectivity index is 0. The summed E-state index contributed by atoms with van der Waals surface area (Å²) < 4.78 is 8.19. The summed E-state index contributed by atoms with van der Waals surface area (Å²) in [6, 6.07) is 0. The first-order chi connectivity index (χ1) is 8.00. The van der Waals surface area contributed by atoms with E-state index in [0.29, 0.717) is 0 Å². The molecule has 0 aromatic heterocycles. The second-order valence-electron chi connectivity index (χ2n) is 3.71. The van der Waals surface area contributed by atoms with E-state index in [9.17, 15) is 0 Å². The zero-order valence-electron chi connectivity index (χ0n) is 10.3. The van der Waals surface area contributed by atoms with Crippen molar-refractivity contribution in [3.05, 3.63) is 0 Å². The fraction of sp³-hybridized carbons (Fsp3) is 1.00. The molecule has 0 atom stereocenters. The van der Waals surface area contributed by atoms with Gasteiger partial charge in [-0.2, -0.15) is 0 Å². The first-order valence-electron chi connectivity index (χ1n) is 6.01. The fourth-order valence-electron chi connectivity index (χ4n) is 1.53. The van der Waals surface area contributed by atoms with E-state index in [1.54, 1.807) is 0 Å². The van der Waals surface area contributed by atoms with E-state index < -0.39 is 0 Å². The monoisotopic (exact) mass is 302 g/mol. The van der Waals surface area contributed by atoms with Gasteiger partial charge in [-0.1, -0.05) is 0 Å². The number of hydrogen-bond donors (Lipinski definition) is 4. The molecule has 1 heterocycles. The Labute approximate surface area is 120 Å². The van der Waals surface area contributed by atoms with E-state index in [-0.39, 0.29) is 12.4 Å². The number of halogens is 1. The van der Waals surface area contributed by atoms with Crippen LogP contribution in [-0.2, 0) is 21.0 Å². The summed E-state index contributed by atoms with van der Waals surface area (Å²) in [5.41, 5.74) is 0. The molecule has 0 spiro atoms. The summed E-state index contributed by atoms with van der Waals surface area (Å²) in [6.07, 6.45) is 2.44. The first kappa shape index (κ1) is 19.8. The van der Waals surface area contributed by atoms with Crippen LogP contribution in [0, 0.1) is 0 Å². The molecule has 4 N–H and O–H groups in total. The summed E-state index contributed by atoms with van der Waals surface area (Å²) in [7, 11) is 0. The van der Waals surface area contributed by atoms with Crippen LogP contribution >= 0.6 is 0 Å². The minimum absolute atomic E-state index is 0. The molecule has 17 heavy (non-hydrogen) atoms. The summed E-state index contributed by atoms with van der Waals surface area (Å²) in [5, 5.41) is 13.7. The molecule has 0 saturated carbocycles. The molecule has 1 fully saturated rings. The molecule has 5 nitrogen and oxygen atoms in total. The van der Waals surface area contributed by atoms with E-state index in [2.05, 4.69) is 21.3 Å². The Hall–Kier alpha value is 0.514. The summed E-state index contributed by atoms with van der Waals surface area (Å²) in [6.45, 7) is 8.87. The first-order valence-corrected chi connectivity index (χ1v) is 6.58. The maximum absolute atomic E-state index is 8.19. The van der Waals surface area contributed by atoms with Gasteiger partial charge in [0.1, 0.15) is 0 Å². The van der Waals surface area contributed by atoms with Gasteiger partial charge in [-0.05, 0) is 39.0 Å². The third kappa shape index (κ3) is 16.5. The normalized spacial score (nSPS) is 20.1. The molecule has 0 aliphatic carbocycles. The van der Waals surface area contributed by atoms with Gasteiger partial charge in [0.2, 0.25) is 0 Å². The molecular weight excluding hydrogens is 279 g/mol. The van der Waals surface area contributed by atoms with Gasteiger partial charge in [-0.15, -0.1) is 0 Å². The average molecular weight is 303 g/mol. The van der Waals surface area contributed by atoms with Crippen LogP contribution in [0.5, 0.6) is 0 Å². The zero-order chi connectivity index (χ0) is 11.9. The van der Waals surface area contributed by atoms with E-state index in [0.717, 1.165) is 69.7 Å². The van der Waals surface area contributed by atoms with Crippen LogP contribution in [0.15, 0.2) is 0 Å². The van der Waals surface area contributed by atoms with Gasteiger partial charge in [-0.25, -0.2) is 0 Å². The molecule has 1 aliphatic heterocycles. The van der Waals surface area contributed by atoms with Crippen LogP contribution in [0.4, 0.5) is 0 Å². The molecule has 0 radical (unpaired) electrons. The Bertz CT molecular complexity index is 92.2. The molecule has 101 valence electrons. The van der Waals surface area contributed by atoms with E-state index in [4.69, 9.17) is 3.67 Å². The molecule has 0 aromatic carbocycles. The standard InChI is InChI=1S/C10H24N4.ClH.O.V/c1-3-11-7-9-13-5-2-6-14-10-8-12-4-1;;;/h11-14H,1-10H2;1H;;/q;;;+2/p-1. The molecule has 1 rings (SSSR count). The van der Waals surface area contributed by atoms with Gasteiger partial charge in [0.25, 0.3) is 0 Å². The van der Waals surface area contributed by atoms with Crippen molar-refractivity contribution in [3.8, 4) is 0 Å². The zero-order valence-corrected chi connectivity index (χ0v) is 12.5. The van der Waals surface area contributed by atoms with Crippen LogP contribution in [0.2, 0.25) is 0 Å².